The minimum atomic E-state index is -0.179. The highest BCUT2D eigenvalue weighted by molar-refractivity contribution is 14.0. The summed E-state index contributed by atoms with van der Waals surface area (Å²) in [6.07, 6.45) is 1.93. The lowest BCUT2D eigenvalue weighted by molar-refractivity contribution is -0.123. The molecule has 174 valence electrons. The maximum atomic E-state index is 11.5. The molecular weight excluding hydrogens is 513 g/mol. The van der Waals surface area contributed by atoms with E-state index in [0.717, 1.165) is 51.5 Å². The highest BCUT2D eigenvalue weighted by Gasteiger charge is 2.23. The van der Waals surface area contributed by atoms with Crippen LogP contribution in [0.1, 0.15) is 42.0 Å². The van der Waals surface area contributed by atoms with Crippen molar-refractivity contribution in [1.29, 1.82) is 0 Å². The predicted octanol–water partition coefficient (Wildman–Crippen LogP) is 3.57. The molecule has 32 heavy (non-hydrogen) atoms. The summed E-state index contributed by atoms with van der Waals surface area (Å²) in [6.45, 7) is 8.98. The number of nitrogens with two attached hydrogens (primary N) is 1. The van der Waals surface area contributed by atoms with Gasteiger partial charge in [-0.15, -0.1) is 24.0 Å². The molecule has 2 aromatic carbocycles. The molecule has 4 N–H and O–H groups in total. The molecule has 6 nitrogen and oxygen atoms in total. The fraction of sp³-hybridized carbons (Fsp3) is 0.440. The van der Waals surface area contributed by atoms with E-state index >= 15 is 0 Å². The van der Waals surface area contributed by atoms with E-state index in [-0.39, 0.29) is 35.8 Å². The topological polar surface area (TPSA) is 82.8 Å². The van der Waals surface area contributed by atoms with Crippen LogP contribution in [0.4, 0.5) is 0 Å². The van der Waals surface area contributed by atoms with Crippen LogP contribution in [0.25, 0.3) is 0 Å². The molecule has 1 heterocycles. The predicted molar refractivity (Wildman–Crippen MR) is 142 cm³/mol. The molecule has 0 spiro atoms. The summed E-state index contributed by atoms with van der Waals surface area (Å²) >= 11 is 0. The molecule has 3 rings (SSSR count). The molecule has 0 aromatic heterocycles. The molecule has 0 bridgehead atoms. The largest absolute Gasteiger partial charge is 0.369 e. The molecule has 7 heteroatoms. The van der Waals surface area contributed by atoms with Gasteiger partial charge >= 0.3 is 0 Å². The number of aryl methyl sites for hydroxylation is 1. The van der Waals surface area contributed by atoms with Crippen LogP contribution in [-0.2, 0) is 24.4 Å². The minimum Gasteiger partial charge on any atom is -0.369 e. The lowest BCUT2D eigenvalue weighted by atomic mass is 9.97. The Labute approximate surface area is 209 Å². The number of benzene rings is 2. The van der Waals surface area contributed by atoms with E-state index in [1.165, 1.54) is 22.3 Å². The third kappa shape index (κ3) is 8.09. The monoisotopic (exact) mass is 549 g/mol. The fourth-order valence-electron chi connectivity index (χ4n) is 4.02. The Morgan fingerprint density at radius 2 is 1.94 bits per heavy atom. The fourth-order valence-corrected chi connectivity index (χ4v) is 4.02. The van der Waals surface area contributed by atoms with E-state index in [1.54, 1.807) is 0 Å². The van der Waals surface area contributed by atoms with Crippen LogP contribution in [0.3, 0.4) is 0 Å². The number of carbonyl (C=O) groups excluding carboxylic acids is 1. The first-order chi connectivity index (χ1) is 15.0. The van der Waals surface area contributed by atoms with E-state index in [4.69, 9.17) is 10.7 Å². The number of primary amides is 1. The molecule has 1 fully saturated rings. The quantitative estimate of drug-likeness (QED) is 0.267. The van der Waals surface area contributed by atoms with Crippen molar-refractivity contribution in [3.63, 3.8) is 0 Å². The van der Waals surface area contributed by atoms with Gasteiger partial charge in [0.1, 0.15) is 0 Å². The average Bonchev–Trinajstić information content (AvgIpc) is 2.77. The maximum absolute atomic E-state index is 11.5. The summed E-state index contributed by atoms with van der Waals surface area (Å²) in [6, 6.07) is 16.9. The average molecular weight is 550 g/mol. The van der Waals surface area contributed by atoms with E-state index < -0.39 is 0 Å². The molecule has 0 radical (unpaired) electrons. The molecule has 0 aliphatic carbocycles. The van der Waals surface area contributed by atoms with E-state index in [0.29, 0.717) is 6.54 Å². The Bertz CT molecular complexity index is 901. The number of hydrogen-bond donors (Lipinski definition) is 3. The smallest absolute Gasteiger partial charge is 0.221 e. The van der Waals surface area contributed by atoms with Crippen molar-refractivity contribution in [2.75, 3.05) is 19.6 Å². The van der Waals surface area contributed by atoms with Crippen molar-refractivity contribution in [3.8, 4) is 0 Å². The number of nitrogens with one attached hydrogen (secondary N) is 2. The highest BCUT2D eigenvalue weighted by Crippen LogP contribution is 2.19. The number of amides is 1. The molecule has 1 atom stereocenters. The van der Waals surface area contributed by atoms with Crippen molar-refractivity contribution in [1.82, 2.24) is 15.5 Å². The van der Waals surface area contributed by atoms with Crippen LogP contribution in [-0.4, -0.2) is 36.4 Å². The minimum absolute atomic E-state index is 0. The van der Waals surface area contributed by atoms with Gasteiger partial charge in [0, 0.05) is 26.2 Å². The van der Waals surface area contributed by atoms with Gasteiger partial charge in [-0.3, -0.25) is 9.69 Å². The summed E-state index contributed by atoms with van der Waals surface area (Å²) in [4.78, 5) is 18.6. The SMILES string of the molecule is CCNC(=NCc1cccc(CN2CCCC(C(N)=O)C2)c1)NCc1ccccc1C.I. The molecule has 1 aliphatic heterocycles. The molecule has 1 unspecified atom stereocenters. The summed E-state index contributed by atoms with van der Waals surface area (Å²) in [5, 5.41) is 6.76. The second-order valence-corrected chi connectivity index (χ2v) is 8.27. The highest BCUT2D eigenvalue weighted by atomic mass is 127. The Kier molecular flexibility index (Phi) is 11.0. The van der Waals surface area contributed by atoms with Crippen molar-refractivity contribution in [3.05, 3.63) is 70.8 Å². The van der Waals surface area contributed by atoms with Crippen LogP contribution >= 0.6 is 24.0 Å². The molecular formula is C25H36IN5O. The summed E-state index contributed by atoms with van der Waals surface area (Å²) < 4.78 is 0. The maximum Gasteiger partial charge on any atom is 0.221 e. The van der Waals surface area contributed by atoms with Crippen molar-refractivity contribution >= 4 is 35.8 Å². The van der Waals surface area contributed by atoms with Gasteiger partial charge in [-0.25, -0.2) is 4.99 Å². The molecule has 1 saturated heterocycles. The van der Waals surface area contributed by atoms with Gasteiger partial charge < -0.3 is 16.4 Å². The zero-order valence-corrected chi connectivity index (χ0v) is 21.5. The number of piperidine rings is 1. The van der Waals surface area contributed by atoms with Gasteiger partial charge in [-0.2, -0.15) is 0 Å². The second kappa shape index (κ2) is 13.4. The second-order valence-electron chi connectivity index (χ2n) is 8.27. The van der Waals surface area contributed by atoms with Gasteiger partial charge in [0.15, 0.2) is 5.96 Å². The Morgan fingerprint density at radius 1 is 1.16 bits per heavy atom. The summed E-state index contributed by atoms with van der Waals surface area (Å²) in [5.41, 5.74) is 10.5. The molecule has 0 saturated carbocycles. The number of hydrogen-bond acceptors (Lipinski definition) is 3. The summed E-state index contributed by atoms with van der Waals surface area (Å²) in [5.74, 6) is 0.613. The van der Waals surface area contributed by atoms with Gasteiger partial charge in [0.25, 0.3) is 0 Å². The Morgan fingerprint density at radius 3 is 2.69 bits per heavy atom. The van der Waals surface area contributed by atoms with Crippen LogP contribution < -0.4 is 16.4 Å². The molecule has 1 amide bonds. The van der Waals surface area contributed by atoms with E-state index in [1.807, 2.05) is 0 Å². The molecule has 1 aliphatic rings. The van der Waals surface area contributed by atoms with Gasteiger partial charge in [-0.05, 0) is 55.5 Å². The van der Waals surface area contributed by atoms with Gasteiger partial charge in [0.05, 0.1) is 12.5 Å². The zero-order chi connectivity index (χ0) is 22.1. The van der Waals surface area contributed by atoms with Crippen LogP contribution in [0.5, 0.6) is 0 Å². The molecule has 2 aromatic rings. The summed E-state index contributed by atoms with van der Waals surface area (Å²) in [7, 11) is 0. The first-order valence-corrected chi connectivity index (χ1v) is 11.2. The third-order valence-electron chi connectivity index (χ3n) is 5.78. The number of rotatable bonds is 8. The first-order valence-electron chi connectivity index (χ1n) is 11.2. The Balaban J connectivity index is 0.00000363. The van der Waals surface area contributed by atoms with E-state index in [9.17, 15) is 4.79 Å². The lowest BCUT2D eigenvalue weighted by Gasteiger charge is -2.31. The van der Waals surface area contributed by atoms with Crippen molar-refractivity contribution in [2.24, 2.45) is 16.6 Å². The van der Waals surface area contributed by atoms with Gasteiger partial charge in [-0.1, -0.05) is 48.5 Å². The van der Waals surface area contributed by atoms with Crippen LogP contribution in [0.2, 0.25) is 0 Å². The normalized spacial score (nSPS) is 16.8. The number of carbonyl (C=O) groups is 1. The standard InChI is InChI=1S/C25H35N5O.HI/c1-3-27-25(29-16-22-11-5-4-8-19(22)2)28-15-20-9-6-10-21(14-20)17-30-13-7-12-23(18-30)24(26)31;/h4-6,8-11,14,23H,3,7,12-13,15-18H2,1-2H3,(H2,26,31)(H2,27,28,29);1H. The Hall–Kier alpha value is -2.13. The van der Waals surface area contributed by atoms with Crippen LogP contribution in [0.15, 0.2) is 53.5 Å². The number of likely N-dealkylation sites (tertiary alicyclic amines) is 1. The third-order valence-corrected chi connectivity index (χ3v) is 5.78. The van der Waals surface area contributed by atoms with Crippen molar-refractivity contribution < 1.29 is 4.79 Å². The van der Waals surface area contributed by atoms with Crippen molar-refractivity contribution in [2.45, 2.75) is 46.3 Å². The van der Waals surface area contributed by atoms with Gasteiger partial charge in [0.2, 0.25) is 5.91 Å². The number of nitrogens with zero attached hydrogens (tertiary/aromatic N) is 2. The first kappa shape index (κ1) is 26.1. The van der Waals surface area contributed by atoms with Crippen LogP contribution in [0, 0.1) is 12.8 Å². The zero-order valence-electron chi connectivity index (χ0n) is 19.1. The van der Waals surface area contributed by atoms with E-state index in [2.05, 4.69) is 77.9 Å². The number of aliphatic imine (C=N–C) groups is 1. The number of halogens is 1. The number of guanidine groups is 1. The lowest BCUT2D eigenvalue weighted by Crippen LogP contribution is -2.40.